The lowest BCUT2D eigenvalue weighted by Gasteiger charge is -2.08. The fraction of sp³-hybridized carbons (Fsp3) is 0.182. The standard InChI is InChI=1S/C22H21N5O3S/c1-14-9-15(2)11-16(10-14)23-19(28)13-31-22-25-24-20-21(29)26(7-8-27(20)22)17-5-4-6-18(12-17)30-3/h4-12H,13H2,1-3H3,(H,23,28). The van der Waals surface area contributed by atoms with Crippen LogP contribution in [0.5, 0.6) is 5.75 Å². The van der Waals surface area contributed by atoms with Crippen molar-refractivity contribution in [3.63, 3.8) is 0 Å². The van der Waals surface area contributed by atoms with Crippen LogP contribution in [-0.2, 0) is 4.79 Å². The van der Waals surface area contributed by atoms with E-state index < -0.39 is 0 Å². The summed E-state index contributed by atoms with van der Waals surface area (Å²) in [5.74, 6) is 0.639. The number of amides is 1. The second-order valence-electron chi connectivity index (χ2n) is 7.06. The smallest absolute Gasteiger partial charge is 0.300 e. The highest BCUT2D eigenvalue weighted by molar-refractivity contribution is 7.99. The quantitative estimate of drug-likeness (QED) is 0.468. The minimum absolute atomic E-state index is 0.146. The van der Waals surface area contributed by atoms with Crippen LogP contribution in [0, 0.1) is 13.8 Å². The second-order valence-corrected chi connectivity index (χ2v) is 8.01. The molecule has 4 rings (SSSR count). The number of anilines is 1. The van der Waals surface area contributed by atoms with E-state index in [0.29, 0.717) is 16.6 Å². The largest absolute Gasteiger partial charge is 0.497 e. The summed E-state index contributed by atoms with van der Waals surface area (Å²) in [6, 6.07) is 13.1. The molecule has 8 nitrogen and oxygen atoms in total. The third kappa shape index (κ3) is 4.46. The number of methoxy groups -OCH3 is 1. The molecule has 0 saturated heterocycles. The summed E-state index contributed by atoms with van der Waals surface area (Å²) in [5.41, 5.74) is 3.46. The van der Waals surface area contributed by atoms with Crippen molar-refractivity contribution in [1.82, 2.24) is 19.2 Å². The van der Waals surface area contributed by atoms with Gasteiger partial charge in [0.2, 0.25) is 11.6 Å². The molecule has 0 aliphatic carbocycles. The monoisotopic (exact) mass is 435 g/mol. The van der Waals surface area contributed by atoms with E-state index in [4.69, 9.17) is 4.74 Å². The number of aryl methyl sites for hydroxylation is 2. The van der Waals surface area contributed by atoms with Crippen LogP contribution in [0.3, 0.4) is 0 Å². The van der Waals surface area contributed by atoms with Gasteiger partial charge < -0.3 is 10.1 Å². The molecule has 0 aliphatic rings. The predicted octanol–water partition coefficient (Wildman–Crippen LogP) is 3.24. The van der Waals surface area contributed by atoms with Crippen LogP contribution in [-0.4, -0.2) is 37.9 Å². The van der Waals surface area contributed by atoms with Gasteiger partial charge in [-0.2, -0.15) is 0 Å². The van der Waals surface area contributed by atoms with Gasteiger partial charge in [0.25, 0.3) is 0 Å². The van der Waals surface area contributed by atoms with Gasteiger partial charge in [-0.05, 0) is 49.2 Å². The maximum absolute atomic E-state index is 12.9. The van der Waals surface area contributed by atoms with Crippen molar-refractivity contribution in [2.75, 3.05) is 18.2 Å². The number of thioether (sulfide) groups is 1. The first kappa shape index (κ1) is 20.7. The average molecular weight is 436 g/mol. The Hall–Kier alpha value is -3.59. The Labute approximate surface area is 182 Å². The Bertz CT molecular complexity index is 1310. The molecule has 0 unspecified atom stereocenters. The fourth-order valence-corrected chi connectivity index (χ4v) is 4.02. The fourth-order valence-electron chi connectivity index (χ4n) is 3.30. The summed E-state index contributed by atoms with van der Waals surface area (Å²) >= 11 is 1.22. The average Bonchev–Trinajstić information content (AvgIpc) is 3.16. The molecule has 1 amide bonds. The van der Waals surface area contributed by atoms with Crippen LogP contribution >= 0.6 is 11.8 Å². The molecule has 0 aliphatic heterocycles. The number of hydrogen-bond donors (Lipinski definition) is 1. The number of nitrogens with zero attached hydrogens (tertiary/aromatic N) is 4. The van der Waals surface area contributed by atoms with Crippen molar-refractivity contribution in [1.29, 1.82) is 0 Å². The molecule has 0 fully saturated rings. The lowest BCUT2D eigenvalue weighted by molar-refractivity contribution is -0.113. The minimum atomic E-state index is -0.310. The molecule has 0 spiro atoms. The topological polar surface area (TPSA) is 90.5 Å². The third-order valence-corrected chi connectivity index (χ3v) is 5.55. The molecule has 0 saturated carbocycles. The Morgan fingerprint density at radius 2 is 1.87 bits per heavy atom. The van der Waals surface area contributed by atoms with Gasteiger partial charge in [0.15, 0.2) is 5.16 Å². The van der Waals surface area contributed by atoms with E-state index in [2.05, 4.69) is 15.5 Å². The van der Waals surface area contributed by atoms with Gasteiger partial charge in [-0.1, -0.05) is 23.9 Å². The molecule has 0 radical (unpaired) electrons. The molecule has 9 heteroatoms. The highest BCUT2D eigenvalue weighted by Gasteiger charge is 2.14. The van der Waals surface area contributed by atoms with Crippen LogP contribution in [0.4, 0.5) is 5.69 Å². The molecular weight excluding hydrogens is 414 g/mol. The number of carbonyl (C=O) groups excluding carboxylic acids is 1. The van der Waals surface area contributed by atoms with Crippen molar-refractivity contribution < 1.29 is 9.53 Å². The van der Waals surface area contributed by atoms with Crippen LogP contribution in [0.2, 0.25) is 0 Å². The van der Waals surface area contributed by atoms with Crippen LogP contribution in [0.1, 0.15) is 11.1 Å². The van der Waals surface area contributed by atoms with Crippen molar-refractivity contribution in [3.8, 4) is 11.4 Å². The Morgan fingerprint density at radius 3 is 2.61 bits per heavy atom. The zero-order valence-electron chi connectivity index (χ0n) is 17.3. The lowest BCUT2D eigenvalue weighted by atomic mass is 10.1. The summed E-state index contributed by atoms with van der Waals surface area (Å²) in [6.07, 6.45) is 3.35. The highest BCUT2D eigenvalue weighted by atomic mass is 32.2. The van der Waals surface area contributed by atoms with E-state index in [1.807, 2.05) is 50.2 Å². The zero-order chi connectivity index (χ0) is 22.0. The number of hydrogen-bond acceptors (Lipinski definition) is 6. The molecule has 2 aromatic heterocycles. The van der Waals surface area contributed by atoms with E-state index in [1.165, 1.54) is 16.3 Å². The molecule has 158 valence electrons. The van der Waals surface area contributed by atoms with E-state index in [0.717, 1.165) is 16.8 Å². The number of benzene rings is 2. The first-order valence-electron chi connectivity index (χ1n) is 9.56. The minimum Gasteiger partial charge on any atom is -0.497 e. The normalized spacial score (nSPS) is 10.9. The summed E-state index contributed by atoms with van der Waals surface area (Å²) in [4.78, 5) is 25.3. The number of nitrogens with one attached hydrogen (secondary N) is 1. The molecular formula is C22H21N5O3S. The van der Waals surface area contributed by atoms with Gasteiger partial charge in [-0.15, -0.1) is 10.2 Å². The van der Waals surface area contributed by atoms with Crippen LogP contribution < -0.4 is 15.6 Å². The zero-order valence-corrected chi connectivity index (χ0v) is 18.1. The van der Waals surface area contributed by atoms with Crippen LogP contribution in [0.15, 0.2) is 64.8 Å². The molecule has 2 heterocycles. The van der Waals surface area contributed by atoms with Crippen molar-refractivity contribution in [2.24, 2.45) is 0 Å². The molecule has 0 atom stereocenters. The molecule has 4 aromatic rings. The van der Waals surface area contributed by atoms with Gasteiger partial charge in [0, 0.05) is 24.1 Å². The molecule has 1 N–H and O–H groups in total. The van der Waals surface area contributed by atoms with E-state index in [-0.39, 0.29) is 22.9 Å². The summed E-state index contributed by atoms with van der Waals surface area (Å²) in [6.45, 7) is 3.97. The summed E-state index contributed by atoms with van der Waals surface area (Å²) < 4.78 is 8.30. The van der Waals surface area contributed by atoms with Gasteiger partial charge in [0.1, 0.15) is 5.75 Å². The maximum atomic E-state index is 12.9. The Morgan fingerprint density at radius 1 is 1.10 bits per heavy atom. The van der Waals surface area contributed by atoms with E-state index >= 15 is 0 Å². The number of aromatic nitrogens is 4. The van der Waals surface area contributed by atoms with Crippen molar-refractivity contribution >= 4 is 29.0 Å². The first-order chi connectivity index (χ1) is 14.9. The Kier molecular flexibility index (Phi) is 5.77. The molecule has 2 aromatic carbocycles. The van der Waals surface area contributed by atoms with Gasteiger partial charge in [0.05, 0.1) is 18.6 Å². The lowest BCUT2D eigenvalue weighted by Crippen LogP contribution is -2.20. The predicted molar refractivity (Wildman–Crippen MR) is 120 cm³/mol. The van der Waals surface area contributed by atoms with Crippen LogP contribution in [0.25, 0.3) is 11.3 Å². The van der Waals surface area contributed by atoms with E-state index in [1.54, 1.807) is 30.0 Å². The van der Waals surface area contributed by atoms with Gasteiger partial charge in [-0.3, -0.25) is 18.6 Å². The molecule has 31 heavy (non-hydrogen) atoms. The summed E-state index contributed by atoms with van der Waals surface area (Å²) in [5, 5.41) is 11.5. The van der Waals surface area contributed by atoms with Gasteiger partial charge >= 0.3 is 5.56 Å². The van der Waals surface area contributed by atoms with Crippen molar-refractivity contribution in [3.05, 3.63) is 76.3 Å². The van der Waals surface area contributed by atoms with Crippen molar-refractivity contribution in [2.45, 2.75) is 19.0 Å². The number of carbonyl (C=O) groups is 1. The maximum Gasteiger partial charge on any atom is 0.300 e. The number of ether oxygens (including phenoxy) is 1. The van der Waals surface area contributed by atoms with Gasteiger partial charge in [-0.25, -0.2) is 0 Å². The summed E-state index contributed by atoms with van der Waals surface area (Å²) in [7, 11) is 1.57. The second kappa shape index (κ2) is 8.65. The molecule has 0 bridgehead atoms. The highest BCUT2D eigenvalue weighted by Crippen LogP contribution is 2.19. The first-order valence-corrected chi connectivity index (χ1v) is 10.5. The van der Waals surface area contributed by atoms with E-state index in [9.17, 15) is 9.59 Å². The number of fused-ring (bicyclic) bond motifs is 1. The number of rotatable bonds is 6. The third-order valence-electron chi connectivity index (χ3n) is 4.61. The Balaban J connectivity index is 1.52. The SMILES string of the molecule is COc1cccc(-n2ccn3c(SCC(=O)Nc4cc(C)cc(C)c4)nnc3c2=O)c1.